The Balaban J connectivity index is 1.47. The SMILES string of the molecule is COc1cccc(CNC(=O)CSCc2cc(Cl)c3c(c2)OCCCO3)c1. The first-order chi connectivity index (χ1) is 13.2. The van der Waals surface area contributed by atoms with Crippen LogP contribution < -0.4 is 19.5 Å². The largest absolute Gasteiger partial charge is 0.497 e. The summed E-state index contributed by atoms with van der Waals surface area (Å²) in [7, 11) is 1.63. The Hall–Kier alpha value is -2.05. The molecule has 27 heavy (non-hydrogen) atoms. The summed E-state index contributed by atoms with van der Waals surface area (Å²) in [6, 6.07) is 11.5. The maximum absolute atomic E-state index is 12.1. The Labute approximate surface area is 168 Å². The van der Waals surface area contributed by atoms with E-state index in [2.05, 4.69) is 5.32 Å². The first-order valence-corrected chi connectivity index (χ1v) is 10.2. The summed E-state index contributed by atoms with van der Waals surface area (Å²) in [5, 5.41) is 3.47. The van der Waals surface area contributed by atoms with Crippen LogP contribution in [-0.4, -0.2) is 32.0 Å². The van der Waals surface area contributed by atoms with E-state index in [1.807, 2.05) is 36.4 Å². The minimum atomic E-state index is -0.0109. The van der Waals surface area contributed by atoms with Crippen molar-refractivity contribution >= 4 is 29.3 Å². The Morgan fingerprint density at radius 3 is 2.93 bits per heavy atom. The zero-order valence-corrected chi connectivity index (χ0v) is 16.7. The normalized spacial score (nSPS) is 13.0. The summed E-state index contributed by atoms with van der Waals surface area (Å²) in [6.07, 6.45) is 0.836. The van der Waals surface area contributed by atoms with E-state index in [-0.39, 0.29) is 5.91 Å². The highest BCUT2D eigenvalue weighted by Gasteiger charge is 2.15. The number of methoxy groups -OCH3 is 1. The standard InChI is InChI=1S/C20H22ClNO4S/c1-24-16-5-2-4-14(8-16)11-22-19(23)13-27-12-15-9-17(21)20-18(10-15)25-6-3-7-26-20/h2,4-5,8-10H,3,6-7,11-13H2,1H3,(H,22,23). The van der Waals surface area contributed by atoms with Crippen LogP contribution in [0.1, 0.15) is 17.5 Å². The number of thioether (sulfide) groups is 1. The molecule has 0 radical (unpaired) electrons. The van der Waals surface area contributed by atoms with Crippen molar-refractivity contribution in [1.82, 2.24) is 5.32 Å². The summed E-state index contributed by atoms with van der Waals surface area (Å²) in [5.41, 5.74) is 2.01. The van der Waals surface area contributed by atoms with Crippen LogP contribution in [-0.2, 0) is 17.1 Å². The molecule has 0 bridgehead atoms. The number of carbonyl (C=O) groups excluding carboxylic acids is 1. The lowest BCUT2D eigenvalue weighted by Gasteiger charge is -2.11. The topological polar surface area (TPSA) is 56.8 Å². The van der Waals surface area contributed by atoms with Gasteiger partial charge in [-0.25, -0.2) is 0 Å². The van der Waals surface area contributed by atoms with Gasteiger partial charge in [0.25, 0.3) is 0 Å². The number of carbonyl (C=O) groups is 1. The molecular weight excluding hydrogens is 386 g/mol. The lowest BCUT2D eigenvalue weighted by atomic mass is 10.2. The highest BCUT2D eigenvalue weighted by molar-refractivity contribution is 7.99. The lowest BCUT2D eigenvalue weighted by molar-refractivity contribution is -0.118. The van der Waals surface area contributed by atoms with Crippen LogP contribution >= 0.6 is 23.4 Å². The van der Waals surface area contributed by atoms with Crippen molar-refractivity contribution in [2.75, 3.05) is 26.1 Å². The van der Waals surface area contributed by atoms with E-state index in [1.54, 1.807) is 7.11 Å². The number of benzene rings is 2. The lowest BCUT2D eigenvalue weighted by Crippen LogP contribution is -2.24. The second-order valence-corrected chi connectivity index (χ2v) is 7.47. The van der Waals surface area contributed by atoms with Gasteiger partial charge in [0, 0.05) is 18.7 Å². The molecule has 2 aromatic rings. The molecule has 1 aliphatic heterocycles. The predicted molar refractivity (Wildman–Crippen MR) is 108 cm³/mol. The molecule has 5 nitrogen and oxygen atoms in total. The van der Waals surface area contributed by atoms with Crippen molar-refractivity contribution in [3.8, 4) is 17.2 Å². The average Bonchev–Trinajstić information content (AvgIpc) is 2.92. The number of rotatable bonds is 7. The van der Waals surface area contributed by atoms with Crippen molar-refractivity contribution in [1.29, 1.82) is 0 Å². The summed E-state index contributed by atoms with van der Waals surface area (Å²) in [5.74, 6) is 3.10. The summed E-state index contributed by atoms with van der Waals surface area (Å²) >= 11 is 7.83. The molecule has 0 atom stereocenters. The smallest absolute Gasteiger partial charge is 0.230 e. The van der Waals surface area contributed by atoms with E-state index in [1.165, 1.54) is 11.8 Å². The van der Waals surface area contributed by atoms with Crippen LogP contribution in [0.5, 0.6) is 17.2 Å². The Morgan fingerprint density at radius 2 is 2.07 bits per heavy atom. The van der Waals surface area contributed by atoms with Gasteiger partial charge in [0.2, 0.25) is 5.91 Å². The average molecular weight is 408 g/mol. The molecule has 0 unspecified atom stereocenters. The summed E-state index contributed by atoms with van der Waals surface area (Å²) in [6.45, 7) is 1.70. The second kappa shape index (κ2) is 9.76. The molecular formula is C20H22ClNO4S. The van der Waals surface area contributed by atoms with Crippen molar-refractivity contribution in [3.63, 3.8) is 0 Å². The van der Waals surface area contributed by atoms with Gasteiger partial charge in [-0.1, -0.05) is 23.7 Å². The fourth-order valence-electron chi connectivity index (χ4n) is 2.66. The monoisotopic (exact) mass is 407 g/mol. The van der Waals surface area contributed by atoms with E-state index in [4.69, 9.17) is 25.8 Å². The molecule has 0 fully saturated rings. The molecule has 0 saturated carbocycles. The molecule has 1 heterocycles. The Kier molecular flexibility index (Phi) is 7.12. The van der Waals surface area contributed by atoms with Gasteiger partial charge in [-0.3, -0.25) is 4.79 Å². The van der Waals surface area contributed by atoms with E-state index >= 15 is 0 Å². The molecule has 7 heteroatoms. The minimum Gasteiger partial charge on any atom is -0.497 e. The van der Waals surface area contributed by atoms with E-state index in [9.17, 15) is 4.79 Å². The molecule has 1 N–H and O–H groups in total. The highest BCUT2D eigenvalue weighted by atomic mass is 35.5. The quantitative estimate of drug-likeness (QED) is 0.750. The maximum Gasteiger partial charge on any atom is 0.230 e. The van der Waals surface area contributed by atoms with Gasteiger partial charge in [0.05, 0.1) is 31.1 Å². The Bertz CT molecular complexity index is 800. The van der Waals surface area contributed by atoms with Crippen molar-refractivity contribution in [2.24, 2.45) is 0 Å². The van der Waals surface area contributed by atoms with Gasteiger partial charge < -0.3 is 19.5 Å². The van der Waals surface area contributed by atoms with Gasteiger partial charge in [0.1, 0.15) is 5.75 Å². The molecule has 0 aromatic heterocycles. The van der Waals surface area contributed by atoms with Crippen LogP contribution in [0.15, 0.2) is 36.4 Å². The molecule has 144 valence electrons. The van der Waals surface area contributed by atoms with Gasteiger partial charge in [-0.2, -0.15) is 0 Å². The number of hydrogen-bond donors (Lipinski definition) is 1. The zero-order valence-electron chi connectivity index (χ0n) is 15.1. The number of ether oxygens (including phenoxy) is 3. The van der Waals surface area contributed by atoms with Crippen LogP contribution in [0, 0.1) is 0 Å². The van der Waals surface area contributed by atoms with Gasteiger partial charge in [-0.15, -0.1) is 11.8 Å². The molecule has 3 rings (SSSR count). The van der Waals surface area contributed by atoms with E-state index in [0.29, 0.717) is 47.8 Å². The minimum absolute atomic E-state index is 0.0109. The number of hydrogen-bond acceptors (Lipinski definition) is 5. The van der Waals surface area contributed by atoms with Gasteiger partial charge in [0.15, 0.2) is 11.5 Å². The number of halogens is 1. The fourth-order valence-corrected chi connectivity index (χ4v) is 3.74. The van der Waals surface area contributed by atoms with Crippen LogP contribution in [0.3, 0.4) is 0 Å². The molecule has 2 aromatic carbocycles. The van der Waals surface area contributed by atoms with Crippen molar-refractivity contribution < 1.29 is 19.0 Å². The van der Waals surface area contributed by atoms with Crippen molar-refractivity contribution in [3.05, 3.63) is 52.5 Å². The highest BCUT2D eigenvalue weighted by Crippen LogP contribution is 2.38. The van der Waals surface area contributed by atoms with Gasteiger partial charge in [-0.05, 0) is 35.4 Å². The molecule has 0 aliphatic carbocycles. The maximum atomic E-state index is 12.1. The molecule has 1 aliphatic rings. The molecule has 0 saturated heterocycles. The van der Waals surface area contributed by atoms with E-state index in [0.717, 1.165) is 23.3 Å². The van der Waals surface area contributed by atoms with Crippen LogP contribution in [0.4, 0.5) is 0 Å². The molecule has 0 spiro atoms. The van der Waals surface area contributed by atoms with E-state index < -0.39 is 0 Å². The number of nitrogens with one attached hydrogen (secondary N) is 1. The summed E-state index contributed by atoms with van der Waals surface area (Å²) < 4.78 is 16.5. The van der Waals surface area contributed by atoms with Crippen LogP contribution in [0.25, 0.3) is 0 Å². The second-order valence-electron chi connectivity index (χ2n) is 6.08. The van der Waals surface area contributed by atoms with Gasteiger partial charge >= 0.3 is 0 Å². The fraction of sp³-hybridized carbons (Fsp3) is 0.350. The Morgan fingerprint density at radius 1 is 1.22 bits per heavy atom. The van der Waals surface area contributed by atoms with Crippen LogP contribution in [0.2, 0.25) is 5.02 Å². The van der Waals surface area contributed by atoms with Crippen molar-refractivity contribution in [2.45, 2.75) is 18.7 Å². The predicted octanol–water partition coefficient (Wildman–Crippen LogP) is 4.06. The molecule has 1 amide bonds. The first kappa shape index (κ1) is 19.7. The third-order valence-electron chi connectivity index (χ3n) is 3.99. The third kappa shape index (κ3) is 5.71. The first-order valence-electron chi connectivity index (χ1n) is 8.71. The zero-order chi connectivity index (χ0) is 19.1. The number of amides is 1. The third-order valence-corrected chi connectivity index (χ3v) is 5.27. The number of fused-ring (bicyclic) bond motifs is 1. The summed E-state index contributed by atoms with van der Waals surface area (Å²) in [4.78, 5) is 12.1.